The van der Waals surface area contributed by atoms with Gasteiger partial charge in [0, 0.05) is 13.2 Å². The normalized spacial score (nSPS) is 28.0. The molecule has 1 aliphatic rings. The standard InChI is InChI=1S/C17H27NO3/c1-5-17(2)13(11-16(17)18)12-6-7-14(15(10-12)20-4)21-9-8-19-3/h6-7,10,13,16H,5,8-9,11,18H2,1-4H3. The minimum atomic E-state index is 0.184. The predicted octanol–water partition coefficient (Wildman–Crippen LogP) is 2.95. The van der Waals surface area contributed by atoms with Crippen molar-refractivity contribution >= 4 is 0 Å². The van der Waals surface area contributed by atoms with Crippen LogP contribution in [-0.2, 0) is 4.74 Å². The van der Waals surface area contributed by atoms with Crippen LogP contribution in [0.25, 0.3) is 0 Å². The highest BCUT2D eigenvalue weighted by Crippen LogP contribution is 2.54. The second kappa shape index (κ2) is 6.67. The van der Waals surface area contributed by atoms with Crippen LogP contribution in [0.3, 0.4) is 0 Å². The topological polar surface area (TPSA) is 53.7 Å². The molecule has 0 aromatic heterocycles. The van der Waals surface area contributed by atoms with Gasteiger partial charge in [0.05, 0.1) is 13.7 Å². The smallest absolute Gasteiger partial charge is 0.161 e. The van der Waals surface area contributed by atoms with E-state index in [-0.39, 0.29) is 11.5 Å². The van der Waals surface area contributed by atoms with Crippen LogP contribution in [0.15, 0.2) is 18.2 Å². The fourth-order valence-corrected chi connectivity index (χ4v) is 3.17. The lowest BCUT2D eigenvalue weighted by atomic mass is 9.54. The van der Waals surface area contributed by atoms with E-state index in [1.807, 2.05) is 6.07 Å². The first-order valence-electron chi connectivity index (χ1n) is 7.62. The van der Waals surface area contributed by atoms with Gasteiger partial charge in [-0.1, -0.05) is 19.9 Å². The van der Waals surface area contributed by atoms with E-state index in [2.05, 4.69) is 26.0 Å². The number of hydrogen-bond acceptors (Lipinski definition) is 4. The minimum Gasteiger partial charge on any atom is -0.493 e. The van der Waals surface area contributed by atoms with Crippen LogP contribution in [0.5, 0.6) is 11.5 Å². The third-order valence-electron chi connectivity index (χ3n) is 5.03. The fraction of sp³-hybridized carbons (Fsp3) is 0.647. The molecule has 0 saturated heterocycles. The van der Waals surface area contributed by atoms with E-state index in [0.717, 1.165) is 24.3 Å². The molecule has 0 aliphatic heterocycles. The molecular formula is C17H27NO3. The predicted molar refractivity (Wildman–Crippen MR) is 84.1 cm³/mol. The van der Waals surface area contributed by atoms with Crippen LogP contribution in [0.4, 0.5) is 0 Å². The van der Waals surface area contributed by atoms with E-state index in [4.69, 9.17) is 19.9 Å². The zero-order valence-electron chi connectivity index (χ0n) is 13.5. The van der Waals surface area contributed by atoms with Gasteiger partial charge < -0.3 is 19.9 Å². The average Bonchev–Trinajstić information content (AvgIpc) is 2.52. The Balaban J connectivity index is 2.16. The van der Waals surface area contributed by atoms with Gasteiger partial charge in [-0.05, 0) is 41.9 Å². The van der Waals surface area contributed by atoms with Gasteiger partial charge in [-0.3, -0.25) is 0 Å². The highest BCUT2D eigenvalue weighted by atomic mass is 16.5. The molecule has 2 N–H and O–H groups in total. The summed E-state index contributed by atoms with van der Waals surface area (Å²) in [7, 11) is 3.34. The molecule has 0 spiro atoms. The number of hydrogen-bond donors (Lipinski definition) is 1. The molecule has 4 nitrogen and oxygen atoms in total. The van der Waals surface area contributed by atoms with Gasteiger partial charge in [-0.25, -0.2) is 0 Å². The van der Waals surface area contributed by atoms with E-state index < -0.39 is 0 Å². The van der Waals surface area contributed by atoms with Gasteiger partial charge >= 0.3 is 0 Å². The lowest BCUT2D eigenvalue weighted by Crippen LogP contribution is -2.54. The summed E-state index contributed by atoms with van der Waals surface area (Å²) in [5, 5.41) is 0. The molecule has 2 rings (SSSR count). The fourth-order valence-electron chi connectivity index (χ4n) is 3.17. The van der Waals surface area contributed by atoms with Crippen molar-refractivity contribution in [3.8, 4) is 11.5 Å². The maximum atomic E-state index is 6.21. The molecule has 1 aromatic carbocycles. The summed E-state index contributed by atoms with van der Waals surface area (Å²) >= 11 is 0. The SMILES string of the molecule is CCC1(C)C(N)CC1c1ccc(OCCOC)c(OC)c1. The highest BCUT2D eigenvalue weighted by molar-refractivity contribution is 5.45. The van der Waals surface area contributed by atoms with Crippen molar-refractivity contribution in [1.29, 1.82) is 0 Å². The van der Waals surface area contributed by atoms with Gasteiger partial charge in [0.2, 0.25) is 0 Å². The van der Waals surface area contributed by atoms with Crippen LogP contribution in [0, 0.1) is 5.41 Å². The van der Waals surface area contributed by atoms with Gasteiger partial charge in [0.15, 0.2) is 11.5 Å². The Morgan fingerprint density at radius 1 is 1.24 bits per heavy atom. The summed E-state index contributed by atoms with van der Waals surface area (Å²) in [5.74, 6) is 2.04. The number of ether oxygens (including phenoxy) is 3. The molecule has 4 heteroatoms. The summed E-state index contributed by atoms with van der Waals surface area (Å²) in [6.45, 7) is 5.58. The summed E-state index contributed by atoms with van der Waals surface area (Å²) in [6, 6.07) is 6.50. The first kappa shape index (κ1) is 16.1. The molecule has 0 bridgehead atoms. The lowest BCUT2D eigenvalue weighted by Gasteiger charge is -2.53. The molecule has 0 radical (unpaired) electrons. The third kappa shape index (κ3) is 3.01. The van der Waals surface area contributed by atoms with Crippen molar-refractivity contribution in [2.24, 2.45) is 11.1 Å². The number of rotatable bonds is 7. The number of nitrogens with two attached hydrogens (primary N) is 1. The molecule has 1 aliphatic carbocycles. The Morgan fingerprint density at radius 2 is 2.00 bits per heavy atom. The molecule has 1 aromatic rings. The van der Waals surface area contributed by atoms with Crippen molar-refractivity contribution in [3.05, 3.63) is 23.8 Å². The minimum absolute atomic E-state index is 0.184. The van der Waals surface area contributed by atoms with Crippen molar-refractivity contribution in [3.63, 3.8) is 0 Å². The van der Waals surface area contributed by atoms with Crippen molar-refractivity contribution in [2.45, 2.75) is 38.6 Å². The lowest BCUT2D eigenvalue weighted by molar-refractivity contribution is 0.0703. The summed E-state index contributed by atoms with van der Waals surface area (Å²) < 4.78 is 16.1. The largest absolute Gasteiger partial charge is 0.493 e. The average molecular weight is 293 g/mol. The molecule has 0 amide bonds. The quantitative estimate of drug-likeness (QED) is 0.785. The third-order valence-corrected chi connectivity index (χ3v) is 5.03. The van der Waals surface area contributed by atoms with E-state index in [0.29, 0.717) is 19.1 Å². The van der Waals surface area contributed by atoms with E-state index >= 15 is 0 Å². The molecule has 118 valence electrons. The Morgan fingerprint density at radius 3 is 2.57 bits per heavy atom. The van der Waals surface area contributed by atoms with Crippen LogP contribution in [0.1, 0.15) is 38.2 Å². The van der Waals surface area contributed by atoms with Gasteiger partial charge in [-0.2, -0.15) is 0 Å². The Hall–Kier alpha value is -1.26. The zero-order valence-corrected chi connectivity index (χ0v) is 13.5. The second-order valence-corrected chi connectivity index (χ2v) is 6.01. The van der Waals surface area contributed by atoms with E-state index in [1.165, 1.54) is 5.56 Å². The highest BCUT2D eigenvalue weighted by Gasteiger charge is 2.48. The van der Waals surface area contributed by atoms with E-state index in [1.54, 1.807) is 14.2 Å². The molecule has 1 saturated carbocycles. The molecule has 1 fully saturated rings. The maximum absolute atomic E-state index is 6.21. The van der Waals surface area contributed by atoms with Crippen LogP contribution >= 0.6 is 0 Å². The van der Waals surface area contributed by atoms with Gasteiger partial charge in [0.25, 0.3) is 0 Å². The van der Waals surface area contributed by atoms with Crippen molar-refractivity contribution in [2.75, 3.05) is 27.4 Å². The second-order valence-electron chi connectivity index (χ2n) is 6.01. The van der Waals surface area contributed by atoms with Crippen LogP contribution in [0.2, 0.25) is 0 Å². The number of methoxy groups -OCH3 is 2. The van der Waals surface area contributed by atoms with Crippen molar-refractivity contribution in [1.82, 2.24) is 0 Å². The molecular weight excluding hydrogens is 266 g/mol. The molecule has 3 atom stereocenters. The summed E-state index contributed by atoms with van der Waals surface area (Å²) in [4.78, 5) is 0. The summed E-state index contributed by atoms with van der Waals surface area (Å²) in [5.41, 5.74) is 7.68. The van der Waals surface area contributed by atoms with Crippen molar-refractivity contribution < 1.29 is 14.2 Å². The monoisotopic (exact) mass is 293 g/mol. The van der Waals surface area contributed by atoms with Crippen LogP contribution in [-0.4, -0.2) is 33.5 Å². The Kier molecular flexibility index (Phi) is 5.12. The Bertz CT molecular complexity index is 477. The number of benzene rings is 1. The Labute approximate surface area is 127 Å². The zero-order chi connectivity index (χ0) is 15.5. The van der Waals surface area contributed by atoms with Gasteiger partial charge in [-0.15, -0.1) is 0 Å². The first-order chi connectivity index (χ1) is 10.1. The van der Waals surface area contributed by atoms with Gasteiger partial charge in [0.1, 0.15) is 6.61 Å². The first-order valence-corrected chi connectivity index (χ1v) is 7.62. The molecule has 3 unspecified atom stereocenters. The summed E-state index contributed by atoms with van der Waals surface area (Å²) in [6.07, 6.45) is 2.13. The van der Waals surface area contributed by atoms with Crippen LogP contribution < -0.4 is 15.2 Å². The molecule has 21 heavy (non-hydrogen) atoms. The molecule has 0 heterocycles. The maximum Gasteiger partial charge on any atom is 0.161 e. The van der Waals surface area contributed by atoms with E-state index in [9.17, 15) is 0 Å².